The van der Waals surface area contributed by atoms with Crippen LogP contribution in [0.3, 0.4) is 0 Å². The van der Waals surface area contributed by atoms with Gasteiger partial charge in [-0.25, -0.2) is 4.79 Å². The number of esters is 1. The third kappa shape index (κ3) is 1.58. The number of fused-ring (bicyclic) bond motifs is 1. The van der Waals surface area contributed by atoms with Crippen LogP contribution in [0.15, 0.2) is 11.6 Å². The summed E-state index contributed by atoms with van der Waals surface area (Å²) in [5.74, 6) is -0.732. The van der Waals surface area contributed by atoms with E-state index >= 15 is 0 Å². The molecule has 0 fully saturated rings. The summed E-state index contributed by atoms with van der Waals surface area (Å²) in [6, 6.07) is 0. The van der Waals surface area contributed by atoms with Crippen molar-refractivity contribution in [3.8, 4) is 0 Å². The Kier molecular flexibility index (Phi) is 2.38. The van der Waals surface area contributed by atoms with Gasteiger partial charge in [-0.15, -0.1) is 0 Å². The van der Waals surface area contributed by atoms with Gasteiger partial charge in [-0.2, -0.15) is 0 Å². The molecule has 0 aromatic carbocycles. The minimum atomic E-state index is -0.567. The minimum Gasteiger partial charge on any atom is -0.458 e. The standard InChI is InChI=1S/C10H13NO4/c1-3-14-10(12)9-7-4-6(2)5-8(7)15-11(9)13/h5,7-8H,3-4H2,1-2H3/t7-,8+/m1/s1. The zero-order valence-electron chi connectivity index (χ0n) is 8.73. The SMILES string of the molecule is CCOC(=O)C1=[N+]([O-])O[C@H]2C=C(C)C[C@@H]12. The van der Waals surface area contributed by atoms with Gasteiger partial charge >= 0.3 is 11.7 Å². The van der Waals surface area contributed by atoms with Gasteiger partial charge in [-0.3, -0.25) is 5.21 Å². The largest absolute Gasteiger partial charge is 0.458 e. The number of ether oxygens (including phenoxy) is 1. The summed E-state index contributed by atoms with van der Waals surface area (Å²) in [5, 5.41) is 11.3. The molecule has 0 saturated carbocycles. The van der Waals surface area contributed by atoms with E-state index in [0.29, 0.717) is 11.3 Å². The molecule has 1 aliphatic carbocycles. The van der Waals surface area contributed by atoms with Gasteiger partial charge in [-0.05, 0) is 20.3 Å². The molecule has 2 rings (SSSR count). The quantitative estimate of drug-likeness (QED) is 0.384. The Hall–Kier alpha value is -1.52. The molecule has 15 heavy (non-hydrogen) atoms. The van der Waals surface area contributed by atoms with Crippen molar-refractivity contribution >= 4 is 11.7 Å². The Morgan fingerprint density at radius 3 is 3.20 bits per heavy atom. The third-order valence-electron chi connectivity index (χ3n) is 2.64. The lowest BCUT2D eigenvalue weighted by molar-refractivity contribution is -0.737. The molecule has 0 amide bonds. The van der Waals surface area contributed by atoms with E-state index in [-0.39, 0.29) is 24.3 Å². The van der Waals surface area contributed by atoms with Crippen molar-refractivity contribution < 1.29 is 19.3 Å². The first-order chi connectivity index (χ1) is 7.13. The highest BCUT2D eigenvalue weighted by molar-refractivity contribution is 6.35. The summed E-state index contributed by atoms with van der Waals surface area (Å²) in [6.45, 7) is 3.93. The second-order valence-electron chi connectivity index (χ2n) is 3.76. The topological polar surface area (TPSA) is 61.6 Å². The Labute approximate surface area is 87.5 Å². The van der Waals surface area contributed by atoms with E-state index in [1.807, 2.05) is 13.0 Å². The number of allylic oxidation sites excluding steroid dienone is 1. The molecule has 5 heteroatoms. The summed E-state index contributed by atoms with van der Waals surface area (Å²) in [5.41, 5.74) is 1.23. The highest BCUT2D eigenvalue weighted by atomic mass is 16.9. The normalized spacial score (nSPS) is 28.5. The van der Waals surface area contributed by atoms with Crippen LogP contribution >= 0.6 is 0 Å². The van der Waals surface area contributed by atoms with Crippen molar-refractivity contribution in [2.75, 3.05) is 6.61 Å². The van der Waals surface area contributed by atoms with E-state index in [0.717, 1.165) is 5.57 Å². The highest BCUT2D eigenvalue weighted by Crippen LogP contribution is 2.32. The van der Waals surface area contributed by atoms with Crippen LogP contribution in [0, 0.1) is 11.1 Å². The predicted molar refractivity (Wildman–Crippen MR) is 52.0 cm³/mol. The van der Waals surface area contributed by atoms with Gasteiger partial charge in [0.2, 0.25) is 0 Å². The van der Waals surface area contributed by atoms with Crippen LogP contribution in [0.25, 0.3) is 0 Å². The van der Waals surface area contributed by atoms with Gasteiger partial charge < -0.3 is 9.57 Å². The lowest BCUT2D eigenvalue weighted by Gasteiger charge is -2.06. The van der Waals surface area contributed by atoms with Crippen molar-refractivity contribution in [2.45, 2.75) is 26.4 Å². The minimum absolute atomic E-state index is 0.0925. The maximum atomic E-state index is 11.5. The van der Waals surface area contributed by atoms with Crippen LogP contribution in [0.5, 0.6) is 0 Å². The van der Waals surface area contributed by atoms with E-state index in [2.05, 4.69) is 0 Å². The molecule has 2 aliphatic rings. The second kappa shape index (κ2) is 3.56. The van der Waals surface area contributed by atoms with Crippen molar-refractivity contribution in [3.05, 3.63) is 16.9 Å². The summed E-state index contributed by atoms with van der Waals surface area (Å²) >= 11 is 0. The molecule has 1 aliphatic heterocycles. The zero-order valence-corrected chi connectivity index (χ0v) is 8.73. The van der Waals surface area contributed by atoms with Crippen molar-refractivity contribution in [3.63, 3.8) is 0 Å². The molecule has 5 nitrogen and oxygen atoms in total. The molecule has 82 valence electrons. The Balaban J connectivity index is 2.18. The molecule has 1 heterocycles. The van der Waals surface area contributed by atoms with E-state index in [9.17, 15) is 10.0 Å². The molecule has 0 bridgehead atoms. The Morgan fingerprint density at radius 2 is 2.53 bits per heavy atom. The van der Waals surface area contributed by atoms with Crippen LogP contribution in [0.2, 0.25) is 0 Å². The first-order valence-corrected chi connectivity index (χ1v) is 4.98. The monoisotopic (exact) mass is 211 g/mol. The number of hydrogen-bond donors (Lipinski definition) is 0. The average molecular weight is 211 g/mol. The number of hydrogen-bond acceptors (Lipinski definition) is 4. The van der Waals surface area contributed by atoms with Gasteiger partial charge in [0.15, 0.2) is 0 Å². The van der Waals surface area contributed by atoms with Crippen molar-refractivity contribution in [2.24, 2.45) is 5.92 Å². The lowest BCUT2D eigenvalue weighted by Crippen LogP contribution is -2.28. The van der Waals surface area contributed by atoms with Crippen LogP contribution < -0.4 is 0 Å². The third-order valence-corrected chi connectivity index (χ3v) is 2.64. The second-order valence-corrected chi connectivity index (χ2v) is 3.76. The van der Waals surface area contributed by atoms with E-state index in [1.54, 1.807) is 6.92 Å². The maximum Gasteiger partial charge on any atom is 0.405 e. The maximum absolute atomic E-state index is 11.5. The number of rotatable bonds is 2. The van der Waals surface area contributed by atoms with Gasteiger partial charge in [0, 0.05) is 4.90 Å². The molecule has 0 aromatic heterocycles. The average Bonchev–Trinajstić information content (AvgIpc) is 2.59. The van der Waals surface area contributed by atoms with Crippen molar-refractivity contribution in [1.29, 1.82) is 0 Å². The zero-order chi connectivity index (χ0) is 11.0. The van der Waals surface area contributed by atoms with Crippen molar-refractivity contribution in [1.82, 2.24) is 0 Å². The first-order valence-electron chi connectivity index (χ1n) is 4.98. The van der Waals surface area contributed by atoms with E-state index < -0.39 is 5.97 Å². The molecule has 0 saturated heterocycles. The fourth-order valence-electron chi connectivity index (χ4n) is 2.02. The summed E-state index contributed by atoms with van der Waals surface area (Å²) in [6.07, 6.45) is 2.28. The molecule has 0 unspecified atom stereocenters. The van der Waals surface area contributed by atoms with Gasteiger partial charge in [0.05, 0.1) is 18.6 Å². The molecular formula is C10H13NO4. The molecule has 2 atom stereocenters. The summed E-state index contributed by atoms with van der Waals surface area (Å²) in [4.78, 5) is 16.8. The lowest BCUT2D eigenvalue weighted by atomic mass is 9.98. The molecule has 0 spiro atoms. The molecule has 0 aromatic rings. The van der Waals surface area contributed by atoms with Gasteiger partial charge in [0.25, 0.3) is 0 Å². The van der Waals surface area contributed by atoms with Crippen LogP contribution in [0.1, 0.15) is 20.3 Å². The fourth-order valence-corrected chi connectivity index (χ4v) is 2.02. The smallest absolute Gasteiger partial charge is 0.405 e. The first kappa shape index (κ1) is 10.0. The highest BCUT2D eigenvalue weighted by Gasteiger charge is 2.46. The predicted octanol–water partition coefficient (Wildman–Crippen LogP) is 0.781. The Bertz CT molecular complexity index is 358. The van der Waals surface area contributed by atoms with Crippen LogP contribution in [0.4, 0.5) is 0 Å². The van der Waals surface area contributed by atoms with E-state index in [1.165, 1.54) is 0 Å². The number of nitrogens with zero attached hydrogens (tertiary/aromatic N) is 1. The van der Waals surface area contributed by atoms with E-state index in [4.69, 9.17) is 9.57 Å². The van der Waals surface area contributed by atoms with Gasteiger partial charge in [-0.1, -0.05) is 11.6 Å². The summed E-state index contributed by atoms with van der Waals surface area (Å²) < 4.78 is 4.82. The molecule has 0 N–H and O–H groups in total. The number of carbonyl (C=O) groups excluding carboxylic acids is 1. The van der Waals surface area contributed by atoms with Gasteiger partial charge in [0.1, 0.15) is 0 Å². The number of carbonyl (C=O) groups is 1. The Morgan fingerprint density at radius 1 is 1.80 bits per heavy atom. The van der Waals surface area contributed by atoms with Crippen LogP contribution in [-0.2, 0) is 14.4 Å². The fraction of sp³-hybridized carbons (Fsp3) is 0.600. The van der Waals surface area contributed by atoms with Crippen LogP contribution in [-0.4, -0.2) is 29.3 Å². The summed E-state index contributed by atoms with van der Waals surface area (Å²) in [7, 11) is 0. The molecule has 0 radical (unpaired) electrons. The molecular weight excluding hydrogens is 198 g/mol.